The van der Waals surface area contributed by atoms with Crippen LogP contribution in [-0.2, 0) is 0 Å². The number of rotatable bonds is 13. The lowest BCUT2D eigenvalue weighted by molar-refractivity contribution is 0.340. The Labute approximate surface area is 117 Å². The van der Waals surface area contributed by atoms with Gasteiger partial charge in [0.2, 0.25) is 0 Å². The normalized spacial score (nSPS) is 13.2. The van der Waals surface area contributed by atoms with E-state index >= 15 is 0 Å². The molecule has 0 radical (unpaired) electrons. The second-order valence-electron chi connectivity index (χ2n) is 6.55. The Morgan fingerprint density at radius 1 is 0.611 bits per heavy atom. The van der Waals surface area contributed by atoms with E-state index in [-0.39, 0.29) is 0 Å². The van der Waals surface area contributed by atoms with Gasteiger partial charge in [-0.05, 0) is 18.3 Å². The van der Waals surface area contributed by atoms with E-state index in [1.54, 1.807) is 0 Å². The van der Waals surface area contributed by atoms with Crippen molar-refractivity contribution in [1.29, 1.82) is 0 Å². The summed E-state index contributed by atoms with van der Waals surface area (Å²) in [4.78, 5) is 0. The van der Waals surface area contributed by atoms with Gasteiger partial charge in [0.05, 0.1) is 0 Å². The predicted molar refractivity (Wildman–Crippen MR) is 85.1 cm³/mol. The standard InChI is InChI=1S/C18H38/c1-5-7-9-10-11-13-15-18(16-17(3)4)14-12-8-6-2/h17-18H,5-16H2,1-4H3. The Bertz CT molecular complexity index is 148. The number of hydrogen-bond donors (Lipinski definition) is 0. The molecular weight excluding hydrogens is 216 g/mol. The van der Waals surface area contributed by atoms with Gasteiger partial charge in [-0.1, -0.05) is 98.3 Å². The van der Waals surface area contributed by atoms with Gasteiger partial charge in [-0.25, -0.2) is 0 Å². The highest BCUT2D eigenvalue weighted by Gasteiger charge is 2.10. The first kappa shape index (κ1) is 18.0. The molecule has 0 nitrogen and oxygen atoms in total. The Morgan fingerprint density at radius 3 is 1.61 bits per heavy atom. The summed E-state index contributed by atoms with van der Waals surface area (Å²) in [6, 6.07) is 0. The van der Waals surface area contributed by atoms with Gasteiger partial charge in [-0.15, -0.1) is 0 Å². The Balaban J connectivity index is 3.58. The molecule has 0 spiro atoms. The van der Waals surface area contributed by atoms with Crippen LogP contribution in [0.1, 0.15) is 105 Å². The Kier molecular flexibility index (Phi) is 13.4. The molecule has 0 saturated heterocycles. The van der Waals surface area contributed by atoms with Crippen LogP contribution in [0.2, 0.25) is 0 Å². The zero-order valence-corrected chi connectivity index (χ0v) is 13.6. The number of unbranched alkanes of at least 4 members (excludes halogenated alkanes) is 7. The second-order valence-corrected chi connectivity index (χ2v) is 6.55. The van der Waals surface area contributed by atoms with Crippen molar-refractivity contribution >= 4 is 0 Å². The molecule has 110 valence electrons. The molecule has 0 aromatic heterocycles. The summed E-state index contributed by atoms with van der Waals surface area (Å²) in [7, 11) is 0. The molecule has 0 heterocycles. The van der Waals surface area contributed by atoms with Crippen molar-refractivity contribution in [3.63, 3.8) is 0 Å². The lowest BCUT2D eigenvalue weighted by Crippen LogP contribution is -2.05. The quantitative estimate of drug-likeness (QED) is 0.311. The van der Waals surface area contributed by atoms with Crippen molar-refractivity contribution in [2.24, 2.45) is 11.8 Å². The molecule has 0 aliphatic heterocycles. The van der Waals surface area contributed by atoms with E-state index in [1.807, 2.05) is 0 Å². The summed E-state index contributed by atoms with van der Waals surface area (Å²) >= 11 is 0. The molecule has 0 aliphatic rings. The molecule has 0 fully saturated rings. The number of hydrogen-bond acceptors (Lipinski definition) is 0. The van der Waals surface area contributed by atoms with Gasteiger partial charge in [0.15, 0.2) is 0 Å². The van der Waals surface area contributed by atoms with Gasteiger partial charge in [-0.3, -0.25) is 0 Å². The molecule has 18 heavy (non-hydrogen) atoms. The summed E-state index contributed by atoms with van der Waals surface area (Å²) in [5, 5.41) is 0. The molecule has 0 aromatic rings. The fraction of sp³-hybridized carbons (Fsp3) is 1.00. The lowest BCUT2D eigenvalue weighted by Gasteiger charge is -2.19. The second kappa shape index (κ2) is 13.4. The third kappa shape index (κ3) is 12.5. The van der Waals surface area contributed by atoms with E-state index in [2.05, 4.69) is 27.7 Å². The van der Waals surface area contributed by atoms with Crippen LogP contribution in [0.3, 0.4) is 0 Å². The zero-order valence-electron chi connectivity index (χ0n) is 13.6. The van der Waals surface area contributed by atoms with Crippen LogP contribution in [-0.4, -0.2) is 0 Å². The lowest BCUT2D eigenvalue weighted by atomic mass is 9.87. The van der Waals surface area contributed by atoms with Crippen LogP contribution >= 0.6 is 0 Å². The minimum Gasteiger partial charge on any atom is -0.0654 e. The zero-order chi connectivity index (χ0) is 13.6. The first-order valence-corrected chi connectivity index (χ1v) is 8.70. The van der Waals surface area contributed by atoms with E-state index < -0.39 is 0 Å². The first-order valence-electron chi connectivity index (χ1n) is 8.70. The first-order chi connectivity index (χ1) is 8.70. The van der Waals surface area contributed by atoms with Crippen molar-refractivity contribution in [2.45, 2.75) is 105 Å². The van der Waals surface area contributed by atoms with Crippen LogP contribution in [0.25, 0.3) is 0 Å². The highest BCUT2D eigenvalue weighted by molar-refractivity contribution is 4.63. The van der Waals surface area contributed by atoms with E-state index in [0.717, 1.165) is 11.8 Å². The molecule has 0 rings (SSSR count). The fourth-order valence-electron chi connectivity index (χ4n) is 2.94. The molecule has 1 atom stereocenters. The third-order valence-corrected chi connectivity index (χ3v) is 3.99. The molecule has 0 aromatic carbocycles. The van der Waals surface area contributed by atoms with E-state index in [9.17, 15) is 0 Å². The molecule has 0 amide bonds. The van der Waals surface area contributed by atoms with Gasteiger partial charge >= 0.3 is 0 Å². The van der Waals surface area contributed by atoms with Crippen LogP contribution in [0, 0.1) is 11.8 Å². The van der Waals surface area contributed by atoms with Gasteiger partial charge in [0.25, 0.3) is 0 Å². The minimum atomic E-state index is 0.886. The maximum absolute atomic E-state index is 2.38. The molecule has 0 bridgehead atoms. The topological polar surface area (TPSA) is 0 Å². The van der Waals surface area contributed by atoms with Crippen LogP contribution < -0.4 is 0 Å². The minimum absolute atomic E-state index is 0.886. The van der Waals surface area contributed by atoms with Crippen LogP contribution in [0.15, 0.2) is 0 Å². The van der Waals surface area contributed by atoms with Gasteiger partial charge < -0.3 is 0 Å². The van der Waals surface area contributed by atoms with E-state index in [1.165, 1.54) is 77.0 Å². The highest BCUT2D eigenvalue weighted by atomic mass is 14.2. The smallest absolute Gasteiger partial charge is 0.0412 e. The highest BCUT2D eigenvalue weighted by Crippen LogP contribution is 2.24. The van der Waals surface area contributed by atoms with E-state index in [4.69, 9.17) is 0 Å². The predicted octanol–water partition coefficient (Wildman–Crippen LogP) is 6.98. The largest absolute Gasteiger partial charge is 0.0654 e. The summed E-state index contributed by atoms with van der Waals surface area (Å²) < 4.78 is 0. The molecule has 0 aliphatic carbocycles. The molecule has 0 saturated carbocycles. The average molecular weight is 255 g/mol. The third-order valence-electron chi connectivity index (χ3n) is 3.99. The summed E-state index contributed by atoms with van der Waals surface area (Å²) in [5.74, 6) is 1.90. The van der Waals surface area contributed by atoms with Crippen molar-refractivity contribution in [3.05, 3.63) is 0 Å². The molecule has 1 unspecified atom stereocenters. The van der Waals surface area contributed by atoms with Crippen LogP contribution in [0.4, 0.5) is 0 Å². The maximum Gasteiger partial charge on any atom is -0.0412 e. The molecule has 0 heteroatoms. The van der Waals surface area contributed by atoms with Crippen molar-refractivity contribution in [3.8, 4) is 0 Å². The van der Waals surface area contributed by atoms with Crippen molar-refractivity contribution < 1.29 is 0 Å². The van der Waals surface area contributed by atoms with Gasteiger partial charge in [-0.2, -0.15) is 0 Å². The van der Waals surface area contributed by atoms with Crippen molar-refractivity contribution in [1.82, 2.24) is 0 Å². The van der Waals surface area contributed by atoms with Gasteiger partial charge in [0, 0.05) is 0 Å². The summed E-state index contributed by atoms with van der Waals surface area (Å²) in [5.41, 5.74) is 0. The molecule has 0 N–H and O–H groups in total. The average Bonchev–Trinajstić information content (AvgIpc) is 2.33. The summed E-state index contributed by atoms with van der Waals surface area (Å²) in [6.45, 7) is 9.37. The Morgan fingerprint density at radius 2 is 1.06 bits per heavy atom. The monoisotopic (exact) mass is 254 g/mol. The van der Waals surface area contributed by atoms with Crippen LogP contribution in [0.5, 0.6) is 0 Å². The molecular formula is C18H38. The maximum atomic E-state index is 2.38. The van der Waals surface area contributed by atoms with E-state index in [0.29, 0.717) is 0 Å². The van der Waals surface area contributed by atoms with Crippen molar-refractivity contribution in [2.75, 3.05) is 0 Å². The van der Waals surface area contributed by atoms with Gasteiger partial charge in [0.1, 0.15) is 0 Å². The fourth-order valence-corrected chi connectivity index (χ4v) is 2.94. The summed E-state index contributed by atoms with van der Waals surface area (Å²) in [6.07, 6.45) is 17.4. The Hall–Kier alpha value is 0. The SMILES string of the molecule is CCCCCCCCC(CCCCC)CC(C)C.